The van der Waals surface area contributed by atoms with E-state index in [9.17, 15) is 18.0 Å². The van der Waals surface area contributed by atoms with Crippen LogP contribution in [0.3, 0.4) is 0 Å². The Hall–Kier alpha value is -4.88. The molecule has 2 aromatic carbocycles. The van der Waals surface area contributed by atoms with E-state index in [1.807, 2.05) is 13.0 Å². The molecule has 0 bridgehead atoms. The third-order valence-electron chi connectivity index (χ3n) is 8.07. The average molecular weight is 643 g/mol. The van der Waals surface area contributed by atoms with Gasteiger partial charge in [0.05, 0.1) is 30.5 Å². The highest BCUT2D eigenvalue weighted by molar-refractivity contribution is 7.92. The summed E-state index contributed by atoms with van der Waals surface area (Å²) in [6.07, 6.45) is 1.41. The van der Waals surface area contributed by atoms with Crippen molar-refractivity contribution in [3.63, 3.8) is 0 Å². The minimum Gasteiger partial charge on any atom is -0.410 e. The lowest BCUT2D eigenvalue weighted by Crippen LogP contribution is -2.44. The first-order chi connectivity index (χ1) is 22.1. The molecule has 1 atom stereocenters. The highest BCUT2D eigenvalue weighted by atomic mass is 32.2. The number of carbonyl (C=O) groups excluding carboxylic acids is 2. The standard InChI is InChI=1S/C33H34N6O6S/c1-22-21-44-18-17-39(22)28-19-27(33(15-16-33)46(42,43)29-14-11-24(20-34-29)31(40)38(2)3)36-30(37-28)23-9-12-25(13-10-23)35-32(41)45-26-7-5-4-6-8-26/h4-14,19-20,22H,15-18,21H2,1-3H3,(H,35,41)/t22-/m0/s1. The molecule has 4 aromatic rings. The van der Waals surface area contributed by atoms with E-state index in [0.29, 0.717) is 72.5 Å². The predicted octanol–water partition coefficient (Wildman–Crippen LogP) is 4.54. The molecule has 1 aliphatic carbocycles. The second kappa shape index (κ2) is 12.5. The van der Waals surface area contributed by atoms with Gasteiger partial charge in [-0.25, -0.2) is 28.2 Å². The number of hydrogen-bond acceptors (Lipinski definition) is 10. The summed E-state index contributed by atoms with van der Waals surface area (Å²) in [4.78, 5) is 42.1. The molecule has 2 aliphatic rings. The van der Waals surface area contributed by atoms with E-state index in [4.69, 9.17) is 19.4 Å². The van der Waals surface area contributed by atoms with Crippen LogP contribution in [0.15, 0.2) is 84.0 Å². The third kappa shape index (κ3) is 6.15. The van der Waals surface area contributed by atoms with Crippen LogP contribution < -0.4 is 15.0 Å². The molecule has 238 valence electrons. The summed E-state index contributed by atoms with van der Waals surface area (Å²) in [5.74, 6) is 1.11. The molecule has 2 aromatic heterocycles. The number of hydrogen-bond donors (Lipinski definition) is 1. The van der Waals surface area contributed by atoms with E-state index in [-0.39, 0.29) is 17.0 Å². The molecule has 12 nitrogen and oxygen atoms in total. The molecule has 2 amide bonds. The zero-order chi connectivity index (χ0) is 32.5. The number of rotatable bonds is 8. The summed E-state index contributed by atoms with van der Waals surface area (Å²) in [5.41, 5.74) is 1.83. The molecule has 6 rings (SSSR count). The van der Waals surface area contributed by atoms with Crippen LogP contribution in [0.5, 0.6) is 5.75 Å². The molecule has 1 aliphatic heterocycles. The highest BCUT2D eigenvalue weighted by Gasteiger charge is 2.58. The fraction of sp³-hybridized carbons (Fsp3) is 0.303. The second-order valence-corrected chi connectivity index (χ2v) is 13.7. The lowest BCUT2D eigenvalue weighted by atomic mass is 10.1. The number of carbonyl (C=O) groups is 2. The number of aromatic nitrogens is 3. The Morgan fingerprint density at radius 3 is 2.39 bits per heavy atom. The van der Waals surface area contributed by atoms with Gasteiger partial charge in [0.25, 0.3) is 5.91 Å². The maximum Gasteiger partial charge on any atom is 0.417 e. The van der Waals surface area contributed by atoms with E-state index in [1.54, 1.807) is 68.7 Å². The van der Waals surface area contributed by atoms with Crippen LogP contribution >= 0.6 is 0 Å². The molecule has 1 saturated heterocycles. The molecule has 0 radical (unpaired) electrons. The van der Waals surface area contributed by atoms with Crippen molar-refractivity contribution in [2.24, 2.45) is 0 Å². The number of ether oxygens (including phenoxy) is 2. The van der Waals surface area contributed by atoms with Crippen LogP contribution in [0.2, 0.25) is 0 Å². The monoisotopic (exact) mass is 642 g/mol. The quantitative estimate of drug-likeness (QED) is 0.291. The first-order valence-electron chi connectivity index (χ1n) is 14.9. The van der Waals surface area contributed by atoms with Gasteiger partial charge in [0.2, 0.25) is 9.84 Å². The molecule has 1 saturated carbocycles. The van der Waals surface area contributed by atoms with Crippen molar-refractivity contribution in [2.75, 3.05) is 44.1 Å². The van der Waals surface area contributed by atoms with Crippen LogP contribution in [0.1, 0.15) is 35.8 Å². The zero-order valence-corrected chi connectivity index (χ0v) is 26.5. The number of anilines is 2. The maximum atomic E-state index is 14.1. The van der Waals surface area contributed by atoms with Gasteiger partial charge in [0, 0.05) is 44.2 Å². The van der Waals surface area contributed by atoms with E-state index in [0.717, 1.165) is 0 Å². The molecular weight excluding hydrogens is 608 g/mol. The number of morpholine rings is 1. The van der Waals surface area contributed by atoms with Crippen molar-refractivity contribution in [3.05, 3.63) is 90.3 Å². The molecule has 13 heteroatoms. The van der Waals surface area contributed by atoms with Crippen molar-refractivity contribution in [2.45, 2.75) is 35.6 Å². The van der Waals surface area contributed by atoms with E-state index in [2.05, 4.69) is 15.2 Å². The van der Waals surface area contributed by atoms with Crippen LogP contribution in [-0.4, -0.2) is 80.2 Å². The van der Waals surface area contributed by atoms with Gasteiger partial charge in [-0.15, -0.1) is 0 Å². The summed E-state index contributed by atoms with van der Waals surface area (Å²) in [6, 6.07) is 20.3. The molecular formula is C33H34N6O6S. The minimum atomic E-state index is -3.98. The van der Waals surface area contributed by atoms with Gasteiger partial charge in [-0.1, -0.05) is 18.2 Å². The molecule has 0 unspecified atom stereocenters. The second-order valence-electron chi connectivity index (χ2n) is 11.5. The van der Waals surface area contributed by atoms with Crippen LogP contribution in [-0.2, 0) is 19.3 Å². The smallest absolute Gasteiger partial charge is 0.410 e. The first kappa shape index (κ1) is 31.1. The Bertz CT molecular complexity index is 1850. The van der Waals surface area contributed by atoms with Gasteiger partial charge >= 0.3 is 6.09 Å². The van der Waals surface area contributed by atoms with Crippen LogP contribution in [0.4, 0.5) is 16.3 Å². The average Bonchev–Trinajstić information content (AvgIpc) is 3.88. The van der Waals surface area contributed by atoms with Gasteiger partial charge in [-0.05, 0) is 68.3 Å². The molecule has 1 N–H and O–H groups in total. The van der Waals surface area contributed by atoms with E-state index >= 15 is 0 Å². The van der Waals surface area contributed by atoms with Gasteiger partial charge < -0.3 is 19.3 Å². The third-order valence-corrected chi connectivity index (χ3v) is 10.5. The molecule has 46 heavy (non-hydrogen) atoms. The van der Waals surface area contributed by atoms with Crippen LogP contribution in [0, 0.1) is 0 Å². The summed E-state index contributed by atoms with van der Waals surface area (Å²) in [5, 5.41) is 2.59. The summed E-state index contributed by atoms with van der Waals surface area (Å²) >= 11 is 0. The predicted molar refractivity (Wildman–Crippen MR) is 172 cm³/mol. The Morgan fingerprint density at radius 2 is 1.76 bits per heavy atom. The number of nitrogens with one attached hydrogen (secondary N) is 1. The van der Waals surface area contributed by atoms with Gasteiger partial charge in [0.15, 0.2) is 10.9 Å². The van der Waals surface area contributed by atoms with Gasteiger partial charge in [0.1, 0.15) is 16.3 Å². The number of sulfone groups is 1. The molecule has 2 fully saturated rings. The number of para-hydroxylation sites is 1. The maximum absolute atomic E-state index is 14.1. The number of amides is 2. The highest BCUT2D eigenvalue weighted by Crippen LogP contribution is 2.55. The van der Waals surface area contributed by atoms with E-state index < -0.39 is 20.7 Å². The largest absolute Gasteiger partial charge is 0.417 e. The molecule has 3 heterocycles. The first-order valence-corrected chi connectivity index (χ1v) is 16.4. The Labute approximate surface area is 267 Å². The van der Waals surface area contributed by atoms with Gasteiger partial charge in [-0.3, -0.25) is 10.1 Å². The number of benzene rings is 2. The van der Waals surface area contributed by atoms with Gasteiger partial charge in [-0.2, -0.15) is 0 Å². The minimum absolute atomic E-state index is 0.0155. The number of nitrogens with zero attached hydrogens (tertiary/aromatic N) is 5. The molecule has 0 spiro atoms. The van der Waals surface area contributed by atoms with Crippen molar-refractivity contribution >= 4 is 33.3 Å². The fourth-order valence-corrected chi connectivity index (χ4v) is 7.21. The summed E-state index contributed by atoms with van der Waals surface area (Å²) in [7, 11) is -0.738. The van der Waals surface area contributed by atoms with Crippen molar-refractivity contribution < 1.29 is 27.5 Å². The lowest BCUT2D eigenvalue weighted by Gasteiger charge is -2.34. The number of pyridine rings is 1. The Morgan fingerprint density at radius 1 is 1.02 bits per heavy atom. The fourth-order valence-electron chi connectivity index (χ4n) is 5.35. The van der Waals surface area contributed by atoms with Crippen molar-refractivity contribution in [1.29, 1.82) is 0 Å². The zero-order valence-electron chi connectivity index (χ0n) is 25.7. The Kier molecular flexibility index (Phi) is 8.45. The topological polar surface area (TPSA) is 144 Å². The normalized spacial score (nSPS) is 17.2. The Balaban J connectivity index is 1.32. The summed E-state index contributed by atoms with van der Waals surface area (Å²) < 4.78 is 37.9. The van der Waals surface area contributed by atoms with E-state index in [1.165, 1.54) is 23.2 Å². The van der Waals surface area contributed by atoms with Crippen LogP contribution in [0.25, 0.3) is 11.4 Å². The SMILES string of the molecule is C[C@H]1COCCN1c1cc(C2(S(=O)(=O)c3ccc(C(=O)N(C)C)cn3)CC2)nc(-c2ccc(NC(=O)Oc3ccccc3)cc2)n1. The van der Waals surface area contributed by atoms with Crippen molar-refractivity contribution in [3.8, 4) is 17.1 Å². The lowest BCUT2D eigenvalue weighted by molar-refractivity contribution is 0.0827. The van der Waals surface area contributed by atoms with Crippen molar-refractivity contribution in [1.82, 2.24) is 19.9 Å². The summed E-state index contributed by atoms with van der Waals surface area (Å²) in [6.45, 7) is 3.65.